The second-order valence-corrected chi connectivity index (χ2v) is 6.56. The maximum atomic E-state index is 9.86. The zero-order chi connectivity index (χ0) is 14.2. The summed E-state index contributed by atoms with van der Waals surface area (Å²) < 4.78 is 5.46. The molecule has 21 heavy (non-hydrogen) atoms. The molecule has 0 amide bonds. The summed E-state index contributed by atoms with van der Waals surface area (Å²) in [5.41, 5.74) is 2.64. The first-order valence-electron chi connectivity index (χ1n) is 8.15. The Morgan fingerprint density at radius 3 is 2.86 bits per heavy atom. The fourth-order valence-corrected chi connectivity index (χ4v) is 4.35. The maximum Gasteiger partial charge on any atom is 0.0593 e. The van der Waals surface area contributed by atoms with Crippen molar-refractivity contribution in [3.05, 3.63) is 29.8 Å². The van der Waals surface area contributed by atoms with Gasteiger partial charge in [-0.2, -0.15) is 0 Å². The molecule has 4 heteroatoms. The van der Waals surface area contributed by atoms with Gasteiger partial charge in [0.05, 0.1) is 6.61 Å². The lowest BCUT2D eigenvalue weighted by atomic mass is 9.72. The van der Waals surface area contributed by atoms with Gasteiger partial charge in [-0.15, -0.1) is 0 Å². The van der Waals surface area contributed by atoms with Crippen molar-refractivity contribution < 1.29 is 9.84 Å². The first-order chi connectivity index (χ1) is 10.4. The molecule has 3 aliphatic heterocycles. The molecule has 3 heterocycles. The van der Waals surface area contributed by atoms with Crippen molar-refractivity contribution in [1.29, 1.82) is 0 Å². The molecule has 3 atom stereocenters. The van der Waals surface area contributed by atoms with Gasteiger partial charge in [-0.1, -0.05) is 18.2 Å². The Labute approximate surface area is 126 Å². The quantitative estimate of drug-likeness (QED) is 0.888. The van der Waals surface area contributed by atoms with Gasteiger partial charge in [0.1, 0.15) is 0 Å². The molecule has 4 nitrogen and oxygen atoms in total. The zero-order valence-corrected chi connectivity index (χ0v) is 12.4. The van der Waals surface area contributed by atoms with E-state index in [0.29, 0.717) is 18.0 Å². The molecule has 0 aromatic heterocycles. The van der Waals surface area contributed by atoms with E-state index in [-0.39, 0.29) is 6.61 Å². The molecule has 0 unspecified atom stereocenters. The number of nitrogens with zero attached hydrogens (tertiary/aromatic N) is 1. The summed E-state index contributed by atoms with van der Waals surface area (Å²) in [6.45, 7) is 4.18. The van der Waals surface area contributed by atoms with Gasteiger partial charge in [-0.25, -0.2) is 0 Å². The van der Waals surface area contributed by atoms with E-state index in [9.17, 15) is 5.11 Å². The van der Waals surface area contributed by atoms with Crippen LogP contribution in [-0.4, -0.2) is 55.0 Å². The van der Waals surface area contributed by atoms with Crippen molar-refractivity contribution in [2.45, 2.75) is 30.8 Å². The normalized spacial score (nSPS) is 32.7. The van der Waals surface area contributed by atoms with Crippen LogP contribution in [0.2, 0.25) is 0 Å². The molecule has 2 fully saturated rings. The van der Waals surface area contributed by atoms with Crippen LogP contribution in [0, 0.1) is 5.92 Å². The van der Waals surface area contributed by atoms with Gasteiger partial charge < -0.3 is 15.2 Å². The minimum atomic E-state index is 0.263. The Kier molecular flexibility index (Phi) is 3.61. The van der Waals surface area contributed by atoms with Gasteiger partial charge >= 0.3 is 0 Å². The molecule has 114 valence electrons. The topological polar surface area (TPSA) is 44.7 Å². The molecule has 2 N–H and O–H groups in total. The van der Waals surface area contributed by atoms with E-state index in [0.717, 1.165) is 45.1 Å². The maximum absolute atomic E-state index is 9.86. The van der Waals surface area contributed by atoms with Crippen molar-refractivity contribution in [2.24, 2.45) is 5.92 Å². The van der Waals surface area contributed by atoms with Crippen molar-refractivity contribution in [2.75, 3.05) is 38.2 Å². The Morgan fingerprint density at radius 2 is 2.05 bits per heavy atom. The van der Waals surface area contributed by atoms with E-state index in [4.69, 9.17) is 4.74 Å². The van der Waals surface area contributed by atoms with E-state index >= 15 is 0 Å². The van der Waals surface area contributed by atoms with Crippen LogP contribution in [0.4, 0.5) is 5.69 Å². The molecule has 0 bridgehead atoms. The Hall–Kier alpha value is -1.10. The summed E-state index contributed by atoms with van der Waals surface area (Å²) >= 11 is 0. The van der Waals surface area contributed by atoms with E-state index < -0.39 is 0 Å². The molecule has 3 aliphatic rings. The number of ether oxygens (including phenoxy) is 1. The predicted octanol–water partition coefficient (Wildman–Crippen LogP) is 1.67. The molecule has 0 aliphatic carbocycles. The molecule has 0 spiro atoms. The van der Waals surface area contributed by atoms with Gasteiger partial charge in [0.25, 0.3) is 0 Å². The molecule has 2 saturated heterocycles. The first-order valence-corrected chi connectivity index (χ1v) is 8.15. The SMILES string of the molecule is OC[C@@H]1[C@H]2c3ccccc3NC[C@H]2N1CC1CCOCC1. The minimum absolute atomic E-state index is 0.263. The second kappa shape index (κ2) is 5.59. The van der Waals surface area contributed by atoms with Crippen LogP contribution in [0.1, 0.15) is 24.3 Å². The highest BCUT2D eigenvalue weighted by Crippen LogP contribution is 2.46. The average Bonchev–Trinajstić information content (AvgIpc) is 2.54. The summed E-state index contributed by atoms with van der Waals surface area (Å²) in [5, 5.41) is 13.4. The summed E-state index contributed by atoms with van der Waals surface area (Å²) in [4.78, 5) is 2.53. The molecule has 0 saturated carbocycles. The van der Waals surface area contributed by atoms with Crippen LogP contribution >= 0.6 is 0 Å². The Morgan fingerprint density at radius 1 is 1.24 bits per heavy atom. The highest BCUT2D eigenvalue weighted by molar-refractivity contribution is 5.57. The largest absolute Gasteiger partial charge is 0.395 e. The summed E-state index contributed by atoms with van der Waals surface area (Å²) in [6.07, 6.45) is 2.33. The lowest BCUT2D eigenvalue weighted by molar-refractivity contribution is -0.0602. The molecule has 0 radical (unpaired) electrons. The van der Waals surface area contributed by atoms with Crippen LogP contribution in [0.15, 0.2) is 24.3 Å². The molecule has 4 rings (SSSR count). The minimum Gasteiger partial charge on any atom is -0.395 e. The van der Waals surface area contributed by atoms with Crippen LogP contribution < -0.4 is 5.32 Å². The second-order valence-electron chi connectivity index (χ2n) is 6.56. The highest BCUT2D eigenvalue weighted by Gasteiger charge is 2.51. The summed E-state index contributed by atoms with van der Waals surface area (Å²) in [6, 6.07) is 9.40. The number of fused-ring (bicyclic) bond motifs is 3. The van der Waals surface area contributed by atoms with E-state index in [1.54, 1.807) is 0 Å². The number of nitrogens with one attached hydrogen (secondary N) is 1. The van der Waals surface area contributed by atoms with Gasteiger partial charge in [0.2, 0.25) is 0 Å². The van der Waals surface area contributed by atoms with Crippen molar-refractivity contribution in [3.8, 4) is 0 Å². The van der Waals surface area contributed by atoms with Gasteiger partial charge in [0.15, 0.2) is 0 Å². The number of anilines is 1. The number of benzene rings is 1. The summed E-state index contributed by atoms with van der Waals surface area (Å²) in [7, 11) is 0. The van der Waals surface area contributed by atoms with E-state index in [1.165, 1.54) is 11.3 Å². The van der Waals surface area contributed by atoms with Gasteiger partial charge in [-0.05, 0) is 30.4 Å². The van der Waals surface area contributed by atoms with E-state index in [2.05, 4.69) is 34.5 Å². The first kappa shape index (κ1) is 13.6. The number of rotatable bonds is 3. The fourth-order valence-electron chi connectivity index (χ4n) is 4.35. The van der Waals surface area contributed by atoms with Crippen LogP contribution in [0.25, 0.3) is 0 Å². The number of hydrogen-bond donors (Lipinski definition) is 2. The van der Waals surface area contributed by atoms with Gasteiger partial charge in [0, 0.05) is 50.0 Å². The standard InChI is InChI=1S/C17H24N2O2/c20-11-16-17-13-3-1-2-4-14(13)18-9-15(17)19(16)10-12-5-7-21-8-6-12/h1-4,12,15-18,20H,5-11H2/t15-,16-,17+/m1/s1. The highest BCUT2D eigenvalue weighted by atomic mass is 16.5. The Balaban J connectivity index is 1.51. The van der Waals surface area contributed by atoms with Crippen LogP contribution in [-0.2, 0) is 4.74 Å². The smallest absolute Gasteiger partial charge is 0.0593 e. The molecule has 1 aromatic rings. The average molecular weight is 288 g/mol. The number of aliphatic hydroxyl groups is 1. The van der Waals surface area contributed by atoms with Crippen molar-refractivity contribution >= 4 is 5.69 Å². The number of likely N-dealkylation sites (tertiary alicyclic amines) is 1. The molecular weight excluding hydrogens is 264 g/mol. The van der Waals surface area contributed by atoms with Crippen molar-refractivity contribution in [3.63, 3.8) is 0 Å². The number of aliphatic hydroxyl groups excluding tert-OH is 1. The van der Waals surface area contributed by atoms with Gasteiger partial charge in [-0.3, -0.25) is 4.90 Å². The molecule has 1 aromatic carbocycles. The predicted molar refractivity (Wildman–Crippen MR) is 82.6 cm³/mol. The summed E-state index contributed by atoms with van der Waals surface area (Å²) in [5.74, 6) is 1.22. The zero-order valence-electron chi connectivity index (χ0n) is 12.4. The lowest BCUT2D eigenvalue weighted by Crippen LogP contribution is -2.68. The number of para-hydroxylation sites is 1. The fraction of sp³-hybridized carbons (Fsp3) is 0.647. The molecular formula is C17H24N2O2. The number of hydrogen-bond acceptors (Lipinski definition) is 4. The van der Waals surface area contributed by atoms with E-state index in [1.807, 2.05) is 0 Å². The van der Waals surface area contributed by atoms with Crippen molar-refractivity contribution in [1.82, 2.24) is 4.90 Å². The third-order valence-electron chi connectivity index (χ3n) is 5.50. The monoisotopic (exact) mass is 288 g/mol. The van der Waals surface area contributed by atoms with Crippen LogP contribution in [0.5, 0.6) is 0 Å². The lowest BCUT2D eigenvalue weighted by Gasteiger charge is -2.58. The Bertz CT molecular complexity index is 501. The third kappa shape index (κ3) is 2.26. The third-order valence-corrected chi connectivity index (χ3v) is 5.50. The van der Waals surface area contributed by atoms with Crippen LogP contribution in [0.3, 0.4) is 0 Å².